The number of furan rings is 1. The summed E-state index contributed by atoms with van der Waals surface area (Å²) < 4.78 is 85.0. The summed E-state index contributed by atoms with van der Waals surface area (Å²) in [4.78, 5) is 38.5. The first-order chi connectivity index (χ1) is 18.6. The van der Waals surface area contributed by atoms with E-state index >= 15 is 0 Å². The molecule has 1 N–H and O–H groups in total. The molecule has 2 saturated heterocycles. The SMILES string of the molecule is O=C(O)C(=O)CN1CCC(CN2C(=O)C(=Cc3ccc(-c4cc(C(F)(F)F)cc(C(F)(F)F)c4)o3)SC2=S)CC1. The molecule has 1 amide bonds. The predicted octanol–water partition coefficient (Wildman–Crippen LogP) is 5.55. The van der Waals surface area contributed by atoms with Crippen LogP contribution in [0, 0.1) is 5.92 Å². The fourth-order valence-electron chi connectivity index (χ4n) is 4.33. The lowest BCUT2D eigenvalue weighted by Gasteiger charge is -2.32. The standard InChI is InChI=1S/C25H20F6N2O5S2/c26-24(27,28)15-7-14(8-16(9-15)25(29,30)31)19-2-1-17(38-19)10-20-21(35)33(23(39)40-20)11-13-3-5-32(6-4-13)12-18(34)22(36)37/h1-2,7-10,13H,3-6,11-12H2,(H,36,37). The van der Waals surface area contributed by atoms with Gasteiger partial charge in [0.25, 0.3) is 11.7 Å². The van der Waals surface area contributed by atoms with Crippen LogP contribution in [0.25, 0.3) is 17.4 Å². The van der Waals surface area contributed by atoms with Gasteiger partial charge in [-0.05, 0) is 62.2 Å². The molecule has 0 saturated carbocycles. The van der Waals surface area contributed by atoms with Crippen LogP contribution in [-0.4, -0.2) is 63.1 Å². The molecular formula is C25H20F6N2O5S2. The second-order valence-electron chi connectivity index (χ2n) is 9.24. The van der Waals surface area contributed by atoms with Crippen molar-refractivity contribution in [1.82, 2.24) is 9.80 Å². The summed E-state index contributed by atoms with van der Waals surface area (Å²) in [6.07, 6.45) is -7.47. The Morgan fingerprint density at radius 3 is 2.20 bits per heavy atom. The number of ketones is 1. The van der Waals surface area contributed by atoms with Crippen LogP contribution in [0.15, 0.2) is 39.7 Å². The fraction of sp³-hybridized carbons (Fsp3) is 0.360. The molecule has 2 fully saturated rings. The first kappa shape index (κ1) is 29.8. The minimum atomic E-state index is -5.01. The van der Waals surface area contributed by atoms with Crippen LogP contribution < -0.4 is 0 Å². The quantitative estimate of drug-likeness (QED) is 0.190. The number of rotatable bonds is 7. The minimum absolute atomic E-state index is 0.0259. The van der Waals surface area contributed by atoms with Crippen LogP contribution in [0.4, 0.5) is 26.3 Å². The van der Waals surface area contributed by atoms with Crippen LogP contribution in [-0.2, 0) is 26.7 Å². The predicted molar refractivity (Wildman–Crippen MR) is 136 cm³/mol. The highest BCUT2D eigenvalue weighted by atomic mass is 32.2. The molecule has 0 spiro atoms. The van der Waals surface area contributed by atoms with E-state index in [1.165, 1.54) is 23.1 Å². The topological polar surface area (TPSA) is 91.1 Å². The zero-order valence-corrected chi connectivity index (χ0v) is 22.0. The molecule has 2 aliphatic rings. The number of alkyl halides is 6. The van der Waals surface area contributed by atoms with E-state index in [4.69, 9.17) is 21.7 Å². The summed E-state index contributed by atoms with van der Waals surface area (Å²) in [6.45, 7) is 1.08. The van der Waals surface area contributed by atoms with Crippen molar-refractivity contribution in [3.63, 3.8) is 0 Å². The highest BCUT2D eigenvalue weighted by Gasteiger charge is 2.38. The third kappa shape index (κ3) is 6.93. The highest BCUT2D eigenvalue weighted by molar-refractivity contribution is 8.26. The summed E-state index contributed by atoms with van der Waals surface area (Å²) in [5.74, 6) is -2.96. The number of likely N-dealkylation sites (tertiary alicyclic amines) is 1. The molecule has 0 radical (unpaired) electrons. The summed E-state index contributed by atoms with van der Waals surface area (Å²) in [5.41, 5.74) is -3.38. The Kier molecular flexibility index (Phi) is 8.47. The summed E-state index contributed by atoms with van der Waals surface area (Å²) in [5, 5.41) is 8.75. The third-order valence-corrected chi connectivity index (χ3v) is 7.78. The van der Waals surface area contributed by atoms with Crippen molar-refractivity contribution in [3.05, 3.63) is 52.1 Å². The Morgan fingerprint density at radius 2 is 1.65 bits per heavy atom. The highest BCUT2D eigenvalue weighted by Crippen LogP contribution is 2.40. The van der Waals surface area contributed by atoms with Crippen LogP contribution in [0.5, 0.6) is 0 Å². The molecule has 7 nitrogen and oxygen atoms in total. The van der Waals surface area contributed by atoms with E-state index in [1.807, 2.05) is 0 Å². The lowest BCUT2D eigenvalue weighted by Crippen LogP contribution is -2.42. The smallest absolute Gasteiger partial charge is 0.416 e. The van der Waals surface area contributed by atoms with Crippen molar-refractivity contribution in [3.8, 4) is 11.3 Å². The van der Waals surface area contributed by atoms with E-state index in [-0.39, 0.29) is 39.3 Å². The van der Waals surface area contributed by atoms with Crippen LogP contribution >= 0.6 is 24.0 Å². The molecule has 40 heavy (non-hydrogen) atoms. The summed E-state index contributed by atoms with van der Waals surface area (Å²) in [7, 11) is 0. The lowest BCUT2D eigenvalue weighted by atomic mass is 9.96. The first-order valence-electron chi connectivity index (χ1n) is 11.8. The molecule has 1 aromatic heterocycles. The maximum Gasteiger partial charge on any atom is 0.416 e. The van der Waals surface area contributed by atoms with Crippen molar-refractivity contribution in [2.24, 2.45) is 5.92 Å². The van der Waals surface area contributed by atoms with Gasteiger partial charge in [-0.15, -0.1) is 0 Å². The van der Waals surface area contributed by atoms with Crippen molar-refractivity contribution in [2.45, 2.75) is 25.2 Å². The van der Waals surface area contributed by atoms with Gasteiger partial charge >= 0.3 is 18.3 Å². The second-order valence-corrected chi connectivity index (χ2v) is 10.9. The van der Waals surface area contributed by atoms with Crippen molar-refractivity contribution in [1.29, 1.82) is 0 Å². The Balaban J connectivity index is 1.45. The molecule has 0 bridgehead atoms. The normalized spacial score (nSPS) is 18.6. The van der Waals surface area contributed by atoms with Gasteiger partial charge in [-0.3, -0.25) is 19.4 Å². The number of thioether (sulfide) groups is 1. The fourth-order valence-corrected chi connectivity index (χ4v) is 5.58. The Bertz CT molecular complexity index is 1340. The number of hydrogen-bond donors (Lipinski definition) is 1. The number of carboxylic acid groups (broad SMARTS) is 1. The maximum atomic E-state index is 13.2. The monoisotopic (exact) mass is 606 g/mol. The number of piperidine rings is 1. The Hall–Kier alpha value is -3.17. The number of benzene rings is 1. The zero-order chi connectivity index (χ0) is 29.4. The third-order valence-electron chi connectivity index (χ3n) is 6.40. The minimum Gasteiger partial charge on any atom is -0.475 e. The molecule has 2 aromatic rings. The average Bonchev–Trinajstić information content (AvgIpc) is 3.44. The molecule has 3 heterocycles. The van der Waals surface area contributed by atoms with Gasteiger partial charge in [-0.2, -0.15) is 26.3 Å². The number of Topliss-reactive ketones (excluding diaryl/α,β-unsaturated/α-hetero) is 1. The Morgan fingerprint density at radius 1 is 1.05 bits per heavy atom. The lowest BCUT2D eigenvalue weighted by molar-refractivity contribution is -0.149. The summed E-state index contributed by atoms with van der Waals surface area (Å²) >= 11 is 6.32. The van der Waals surface area contributed by atoms with E-state index < -0.39 is 46.7 Å². The van der Waals surface area contributed by atoms with E-state index in [1.54, 1.807) is 4.90 Å². The number of carbonyl (C=O) groups excluding carboxylic acids is 2. The van der Waals surface area contributed by atoms with Gasteiger partial charge in [0.1, 0.15) is 15.8 Å². The Labute approximate surface area is 232 Å². The van der Waals surface area contributed by atoms with E-state index in [9.17, 15) is 40.7 Å². The van der Waals surface area contributed by atoms with Crippen LogP contribution in [0.3, 0.4) is 0 Å². The molecule has 0 unspecified atom stereocenters. The zero-order valence-electron chi connectivity index (χ0n) is 20.3. The number of thiocarbonyl (C=S) groups is 1. The van der Waals surface area contributed by atoms with Crippen molar-refractivity contribution < 1.29 is 50.2 Å². The molecule has 1 aromatic carbocycles. The maximum absolute atomic E-state index is 13.2. The van der Waals surface area contributed by atoms with Gasteiger partial charge in [0.05, 0.1) is 22.6 Å². The number of hydrogen-bond acceptors (Lipinski definition) is 7. The molecule has 15 heteroatoms. The van der Waals surface area contributed by atoms with Gasteiger partial charge in [0.15, 0.2) is 0 Å². The average molecular weight is 607 g/mol. The number of nitrogens with zero attached hydrogens (tertiary/aromatic N) is 2. The largest absolute Gasteiger partial charge is 0.475 e. The number of carboxylic acids is 1. The molecular weight excluding hydrogens is 586 g/mol. The van der Waals surface area contributed by atoms with Crippen molar-refractivity contribution >= 4 is 52.0 Å². The van der Waals surface area contributed by atoms with Crippen LogP contribution in [0.2, 0.25) is 0 Å². The molecule has 0 atom stereocenters. The van der Waals surface area contributed by atoms with Crippen LogP contribution in [0.1, 0.15) is 29.7 Å². The van der Waals surface area contributed by atoms with Gasteiger partial charge in [0, 0.05) is 18.2 Å². The number of amides is 1. The molecule has 4 rings (SSSR count). The van der Waals surface area contributed by atoms with Gasteiger partial charge in [-0.1, -0.05) is 24.0 Å². The van der Waals surface area contributed by atoms with E-state index in [0.29, 0.717) is 44.6 Å². The second kappa shape index (κ2) is 11.4. The number of halogens is 6. The molecule has 2 aliphatic heterocycles. The summed E-state index contributed by atoms with van der Waals surface area (Å²) in [6, 6.07) is 3.67. The molecule has 0 aliphatic carbocycles. The molecule has 214 valence electrons. The van der Waals surface area contributed by atoms with E-state index in [2.05, 4.69) is 0 Å². The van der Waals surface area contributed by atoms with Gasteiger partial charge in [0.2, 0.25) is 0 Å². The first-order valence-corrected chi connectivity index (χ1v) is 13.0. The van der Waals surface area contributed by atoms with Crippen molar-refractivity contribution in [2.75, 3.05) is 26.2 Å². The number of carbonyl (C=O) groups is 3. The van der Waals surface area contributed by atoms with Gasteiger partial charge < -0.3 is 9.52 Å². The number of aliphatic carboxylic acids is 1. The van der Waals surface area contributed by atoms with E-state index in [0.717, 1.165) is 11.8 Å². The van der Waals surface area contributed by atoms with Gasteiger partial charge in [-0.25, -0.2) is 4.79 Å².